The number of nitrogens with one attached hydrogen (secondary N) is 1. The SMILES string of the molecule is COc1cccc(CNC(=O)CCc2c(C)c3cc4c(C)coc4c(C)c3oc2=O)c1. The molecule has 0 unspecified atom stereocenters. The summed E-state index contributed by atoms with van der Waals surface area (Å²) in [5, 5.41) is 4.77. The van der Waals surface area contributed by atoms with Gasteiger partial charge in [0.25, 0.3) is 0 Å². The highest BCUT2D eigenvalue weighted by atomic mass is 16.5. The van der Waals surface area contributed by atoms with Crippen LogP contribution in [0.25, 0.3) is 21.9 Å². The lowest BCUT2D eigenvalue weighted by Crippen LogP contribution is -2.24. The Kier molecular flexibility index (Phi) is 5.55. The van der Waals surface area contributed by atoms with Crippen LogP contribution in [0.5, 0.6) is 5.75 Å². The van der Waals surface area contributed by atoms with Crippen molar-refractivity contribution >= 4 is 27.8 Å². The van der Waals surface area contributed by atoms with Crippen molar-refractivity contribution in [3.8, 4) is 5.75 Å². The lowest BCUT2D eigenvalue weighted by molar-refractivity contribution is -0.121. The van der Waals surface area contributed by atoms with Gasteiger partial charge in [-0.15, -0.1) is 0 Å². The summed E-state index contributed by atoms with van der Waals surface area (Å²) in [4.78, 5) is 25.0. The lowest BCUT2D eigenvalue weighted by Gasteiger charge is -2.10. The number of methoxy groups -OCH3 is 1. The van der Waals surface area contributed by atoms with Gasteiger partial charge in [-0.1, -0.05) is 12.1 Å². The molecule has 0 aliphatic heterocycles. The van der Waals surface area contributed by atoms with E-state index < -0.39 is 5.63 Å². The average Bonchev–Trinajstić information content (AvgIpc) is 3.14. The number of carbonyl (C=O) groups excluding carboxylic acids is 1. The van der Waals surface area contributed by atoms with Gasteiger partial charge in [-0.05, 0) is 62.1 Å². The monoisotopic (exact) mass is 419 g/mol. The van der Waals surface area contributed by atoms with Gasteiger partial charge in [0, 0.05) is 34.9 Å². The molecule has 0 saturated heterocycles. The Labute approximate surface area is 179 Å². The second-order valence-electron chi connectivity index (χ2n) is 7.79. The minimum Gasteiger partial charge on any atom is -0.497 e. The fraction of sp³-hybridized carbons (Fsp3) is 0.280. The summed E-state index contributed by atoms with van der Waals surface area (Å²) in [5.74, 6) is 0.618. The molecule has 0 saturated carbocycles. The van der Waals surface area contributed by atoms with Gasteiger partial charge in [0.05, 0.1) is 13.4 Å². The van der Waals surface area contributed by atoms with Gasteiger partial charge in [-0.3, -0.25) is 4.79 Å². The first kappa shape index (κ1) is 20.7. The number of benzene rings is 2. The van der Waals surface area contributed by atoms with E-state index in [0.717, 1.165) is 44.4 Å². The maximum atomic E-state index is 12.7. The smallest absolute Gasteiger partial charge is 0.339 e. The Bertz CT molecular complexity index is 1350. The Morgan fingerprint density at radius 1 is 1.06 bits per heavy atom. The maximum absolute atomic E-state index is 12.7. The largest absolute Gasteiger partial charge is 0.497 e. The van der Waals surface area contributed by atoms with Gasteiger partial charge in [-0.25, -0.2) is 4.79 Å². The Balaban J connectivity index is 1.54. The molecule has 31 heavy (non-hydrogen) atoms. The van der Waals surface area contributed by atoms with Crippen molar-refractivity contribution in [2.24, 2.45) is 0 Å². The number of ether oxygens (including phenoxy) is 1. The number of rotatable bonds is 6. The highest BCUT2D eigenvalue weighted by molar-refractivity contribution is 5.99. The van der Waals surface area contributed by atoms with Crippen LogP contribution in [0.15, 0.2) is 50.2 Å². The van der Waals surface area contributed by atoms with E-state index in [1.165, 1.54) is 0 Å². The number of hydrogen-bond donors (Lipinski definition) is 1. The fourth-order valence-corrected chi connectivity index (χ4v) is 3.92. The van der Waals surface area contributed by atoms with Crippen LogP contribution in [0.4, 0.5) is 0 Å². The number of hydrogen-bond acceptors (Lipinski definition) is 5. The predicted octanol–water partition coefficient (Wildman–Crippen LogP) is 4.72. The van der Waals surface area contributed by atoms with E-state index in [2.05, 4.69) is 5.32 Å². The van der Waals surface area contributed by atoms with Gasteiger partial charge in [0.1, 0.15) is 16.9 Å². The molecule has 2 aromatic carbocycles. The van der Waals surface area contributed by atoms with Crippen molar-refractivity contribution in [2.75, 3.05) is 7.11 Å². The summed E-state index contributed by atoms with van der Waals surface area (Å²) in [7, 11) is 1.61. The summed E-state index contributed by atoms with van der Waals surface area (Å²) >= 11 is 0. The first-order valence-corrected chi connectivity index (χ1v) is 10.2. The Morgan fingerprint density at radius 2 is 1.87 bits per heavy atom. The molecule has 0 atom stereocenters. The zero-order valence-corrected chi connectivity index (χ0v) is 18.1. The zero-order valence-electron chi connectivity index (χ0n) is 18.1. The fourth-order valence-electron chi connectivity index (χ4n) is 3.92. The number of furan rings is 1. The molecule has 2 heterocycles. The van der Waals surface area contributed by atoms with E-state index in [1.807, 2.05) is 51.1 Å². The first-order chi connectivity index (χ1) is 14.9. The van der Waals surface area contributed by atoms with E-state index >= 15 is 0 Å². The summed E-state index contributed by atoms with van der Waals surface area (Å²) in [5.41, 5.74) is 5.03. The molecular weight excluding hydrogens is 394 g/mol. The summed E-state index contributed by atoms with van der Waals surface area (Å²) in [6.07, 6.45) is 2.22. The minimum atomic E-state index is -0.406. The summed E-state index contributed by atoms with van der Waals surface area (Å²) in [6, 6.07) is 9.54. The molecule has 4 rings (SSSR count). The number of aryl methyl sites for hydroxylation is 3. The Hall–Kier alpha value is -3.54. The van der Waals surface area contributed by atoms with Crippen molar-refractivity contribution < 1.29 is 18.4 Å². The van der Waals surface area contributed by atoms with Crippen LogP contribution >= 0.6 is 0 Å². The third-order valence-electron chi connectivity index (χ3n) is 5.76. The van der Waals surface area contributed by atoms with Crippen molar-refractivity contribution in [3.63, 3.8) is 0 Å². The molecule has 0 bridgehead atoms. The van der Waals surface area contributed by atoms with E-state index in [9.17, 15) is 9.59 Å². The molecule has 6 heteroatoms. The van der Waals surface area contributed by atoms with Crippen LogP contribution in [0.3, 0.4) is 0 Å². The third-order valence-corrected chi connectivity index (χ3v) is 5.76. The van der Waals surface area contributed by atoms with Crippen molar-refractivity contribution in [3.05, 3.63) is 74.8 Å². The van der Waals surface area contributed by atoms with Gasteiger partial charge < -0.3 is 18.9 Å². The molecular formula is C25H25NO5. The zero-order chi connectivity index (χ0) is 22.1. The van der Waals surface area contributed by atoms with Gasteiger partial charge in [0.2, 0.25) is 5.91 Å². The number of carbonyl (C=O) groups is 1. The summed E-state index contributed by atoms with van der Waals surface area (Å²) in [6.45, 7) is 6.18. The molecule has 0 aliphatic carbocycles. The molecule has 1 N–H and O–H groups in total. The Morgan fingerprint density at radius 3 is 2.65 bits per heavy atom. The predicted molar refractivity (Wildman–Crippen MR) is 120 cm³/mol. The second kappa shape index (κ2) is 8.30. The molecule has 0 aliphatic rings. The lowest BCUT2D eigenvalue weighted by atomic mass is 9.98. The van der Waals surface area contributed by atoms with E-state index in [-0.39, 0.29) is 12.3 Å². The van der Waals surface area contributed by atoms with Crippen molar-refractivity contribution in [1.29, 1.82) is 0 Å². The molecule has 1 amide bonds. The quantitative estimate of drug-likeness (QED) is 0.457. The molecule has 4 aromatic rings. The van der Waals surface area contributed by atoms with Crippen LogP contribution in [0.1, 0.15) is 34.2 Å². The van der Waals surface area contributed by atoms with E-state index in [4.69, 9.17) is 13.6 Å². The van der Waals surface area contributed by atoms with Gasteiger partial charge in [-0.2, -0.15) is 0 Å². The topological polar surface area (TPSA) is 81.7 Å². The van der Waals surface area contributed by atoms with Crippen molar-refractivity contribution in [1.82, 2.24) is 5.32 Å². The summed E-state index contributed by atoms with van der Waals surface area (Å²) < 4.78 is 16.5. The molecule has 160 valence electrons. The van der Waals surface area contributed by atoms with Crippen LogP contribution in [-0.2, 0) is 17.8 Å². The highest BCUT2D eigenvalue weighted by Gasteiger charge is 2.18. The van der Waals surface area contributed by atoms with Crippen LogP contribution in [-0.4, -0.2) is 13.0 Å². The minimum absolute atomic E-state index is 0.126. The second-order valence-corrected chi connectivity index (χ2v) is 7.79. The van der Waals surface area contributed by atoms with Gasteiger partial charge in [0.15, 0.2) is 0 Å². The maximum Gasteiger partial charge on any atom is 0.339 e. The van der Waals surface area contributed by atoms with Crippen LogP contribution in [0.2, 0.25) is 0 Å². The van der Waals surface area contributed by atoms with Gasteiger partial charge >= 0.3 is 5.63 Å². The number of fused-ring (bicyclic) bond motifs is 2. The molecule has 6 nitrogen and oxygen atoms in total. The van der Waals surface area contributed by atoms with Crippen LogP contribution < -0.4 is 15.7 Å². The number of amides is 1. The highest BCUT2D eigenvalue weighted by Crippen LogP contribution is 2.32. The molecule has 0 fully saturated rings. The third kappa shape index (κ3) is 3.93. The molecule has 0 radical (unpaired) electrons. The van der Waals surface area contributed by atoms with Crippen molar-refractivity contribution in [2.45, 2.75) is 40.2 Å². The van der Waals surface area contributed by atoms with Crippen LogP contribution in [0, 0.1) is 20.8 Å². The molecule has 2 aromatic heterocycles. The normalized spacial score (nSPS) is 11.2. The van der Waals surface area contributed by atoms with E-state index in [1.54, 1.807) is 13.4 Å². The first-order valence-electron chi connectivity index (χ1n) is 10.2. The molecule has 0 spiro atoms. The van der Waals surface area contributed by atoms with E-state index in [0.29, 0.717) is 24.1 Å². The standard InChI is InChI=1S/C25H25NO5/c1-14-13-30-23-16(3)24-21(11-20(14)23)15(2)19(25(28)31-24)8-9-22(27)26-12-17-6-5-7-18(10-17)29-4/h5-7,10-11,13H,8-9,12H2,1-4H3,(H,26,27). The average molecular weight is 419 g/mol.